The minimum absolute atomic E-state index is 0.0542. The summed E-state index contributed by atoms with van der Waals surface area (Å²) in [4.78, 5) is 4.36. The van der Waals surface area contributed by atoms with Crippen LogP contribution in [0.4, 0.5) is 0 Å². The normalized spacial score (nSPS) is 12.9. The fourth-order valence-electron chi connectivity index (χ4n) is 1.97. The molecule has 1 aromatic heterocycles. The summed E-state index contributed by atoms with van der Waals surface area (Å²) in [5.41, 5.74) is 6.92. The fraction of sp³-hybridized carbons (Fsp3) is 0.429. The SMILES string of the molecule is CC(C)C[C@H](N)Cc1nc(-c2ccc(Cl)cc2)no1. The van der Waals surface area contributed by atoms with Crippen LogP contribution in [0.5, 0.6) is 0 Å². The summed E-state index contributed by atoms with van der Waals surface area (Å²) in [7, 11) is 0. The van der Waals surface area contributed by atoms with Gasteiger partial charge in [-0.25, -0.2) is 0 Å². The third-order valence-electron chi connectivity index (χ3n) is 2.78. The van der Waals surface area contributed by atoms with Gasteiger partial charge in [-0.05, 0) is 36.6 Å². The molecule has 0 saturated carbocycles. The lowest BCUT2D eigenvalue weighted by Crippen LogP contribution is -2.24. The molecule has 102 valence electrons. The van der Waals surface area contributed by atoms with Crippen LogP contribution < -0.4 is 5.73 Å². The number of benzene rings is 1. The number of nitrogens with two attached hydrogens (primary N) is 1. The summed E-state index contributed by atoms with van der Waals surface area (Å²) in [6.45, 7) is 4.29. The highest BCUT2D eigenvalue weighted by Gasteiger charge is 2.13. The molecule has 0 radical (unpaired) electrons. The highest BCUT2D eigenvalue weighted by atomic mass is 35.5. The zero-order valence-corrected chi connectivity index (χ0v) is 11.9. The number of rotatable bonds is 5. The largest absolute Gasteiger partial charge is 0.339 e. The van der Waals surface area contributed by atoms with Crippen LogP contribution in [-0.2, 0) is 6.42 Å². The molecule has 2 aromatic rings. The molecule has 0 fully saturated rings. The summed E-state index contributed by atoms with van der Waals surface area (Å²) >= 11 is 5.84. The molecular weight excluding hydrogens is 262 g/mol. The van der Waals surface area contributed by atoms with E-state index in [1.54, 1.807) is 12.1 Å². The van der Waals surface area contributed by atoms with E-state index in [1.165, 1.54) is 0 Å². The van der Waals surface area contributed by atoms with Gasteiger partial charge >= 0.3 is 0 Å². The van der Waals surface area contributed by atoms with Gasteiger partial charge in [0, 0.05) is 23.0 Å². The molecule has 0 saturated heterocycles. The summed E-state index contributed by atoms with van der Waals surface area (Å²) in [6.07, 6.45) is 1.55. The van der Waals surface area contributed by atoms with Gasteiger partial charge in [0.25, 0.3) is 0 Å². The van der Waals surface area contributed by atoms with Crippen LogP contribution in [0.15, 0.2) is 28.8 Å². The molecule has 5 heteroatoms. The minimum atomic E-state index is 0.0542. The summed E-state index contributed by atoms with van der Waals surface area (Å²) in [5.74, 6) is 1.72. The quantitative estimate of drug-likeness (QED) is 0.912. The molecule has 0 aliphatic rings. The number of halogens is 1. The van der Waals surface area contributed by atoms with Gasteiger partial charge in [-0.1, -0.05) is 30.6 Å². The van der Waals surface area contributed by atoms with Crippen LogP contribution in [0.25, 0.3) is 11.4 Å². The number of hydrogen-bond donors (Lipinski definition) is 1. The van der Waals surface area contributed by atoms with Crippen LogP contribution in [0.3, 0.4) is 0 Å². The Kier molecular flexibility index (Phi) is 4.56. The minimum Gasteiger partial charge on any atom is -0.339 e. The van der Waals surface area contributed by atoms with Gasteiger partial charge in [0.05, 0.1) is 0 Å². The molecule has 0 bridgehead atoms. The van der Waals surface area contributed by atoms with E-state index in [-0.39, 0.29) is 6.04 Å². The molecule has 0 aliphatic heterocycles. The summed E-state index contributed by atoms with van der Waals surface area (Å²) in [6, 6.07) is 7.39. The third kappa shape index (κ3) is 4.04. The maximum atomic E-state index is 6.03. The maximum absolute atomic E-state index is 6.03. The van der Waals surface area contributed by atoms with E-state index < -0.39 is 0 Å². The summed E-state index contributed by atoms with van der Waals surface area (Å²) < 4.78 is 5.23. The molecular formula is C14H18ClN3O. The van der Waals surface area contributed by atoms with Gasteiger partial charge in [-0.15, -0.1) is 0 Å². The molecule has 1 atom stereocenters. The highest BCUT2D eigenvalue weighted by Crippen LogP contribution is 2.19. The third-order valence-corrected chi connectivity index (χ3v) is 3.03. The van der Waals surface area contributed by atoms with Crippen molar-refractivity contribution >= 4 is 11.6 Å². The molecule has 0 amide bonds. The van der Waals surface area contributed by atoms with Crippen molar-refractivity contribution in [1.82, 2.24) is 10.1 Å². The monoisotopic (exact) mass is 279 g/mol. The van der Waals surface area contributed by atoms with Crippen LogP contribution in [0.2, 0.25) is 5.02 Å². The van der Waals surface area contributed by atoms with E-state index in [0.29, 0.717) is 29.1 Å². The van der Waals surface area contributed by atoms with Crippen LogP contribution >= 0.6 is 11.6 Å². The zero-order chi connectivity index (χ0) is 13.8. The molecule has 0 unspecified atom stereocenters. The second kappa shape index (κ2) is 6.17. The highest BCUT2D eigenvalue weighted by molar-refractivity contribution is 6.30. The van der Waals surface area contributed by atoms with Gasteiger partial charge in [0.1, 0.15) is 0 Å². The molecule has 2 N–H and O–H groups in total. The Hall–Kier alpha value is -1.39. The van der Waals surface area contributed by atoms with E-state index in [1.807, 2.05) is 12.1 Å². The van der Waals surface area contributed by atoms with E-state index in [0.717, 1.165) is 12.0 Å². The lowest BCUT2D eigenvalue weighted by Gasteiger charge is -2.10. The van der Waals surface area contributed by atoms with Crippen molar-refractivity contribution in [2.45, 2.75) is 32.7 Å². The second-order valence-electron chi connectivity index (χ2n) is 5.11. The van der Waals surface area contributed by atoms with Crippen molar-refractivity contribution in [2.24, 2.45) is 11.7 Å². The van der Waals surface area contributed by atoms with Crippen molar-refractivity contribution in [3.05, 3.63) is 35.2 Å². The molecule has 1 heterocycles. The molecule has 2 rings (SSSR count). The molecule has 0 spiro atoms. The Morgan fingerprint density at radius 2 is 1.95 bits per heavy atom. The Morgan fingerprint density at radius 3 is 2.58 bits per heavy atom. The first-order valence-electron chi connectivity index (χ1n) is 6.38. The van der Waals surface area contributed by atoms with Crippen LogP contribution in [-0.4, -0.2) is 16.2 Å². The predicted octanol–water partition coefficient (Wildman–Crippen LogP) is 3.31. The first kappa shape index (κ1) is 14.0. The maximum Gasteiger partial charge on any atom is 0.228 e. The number of hydrogen-bond acceptors (Lipinski definition) is 4. The first-order chi connectivity index (χ1) is 9.04. The van der Waals surface area contributed by atoms with Gasteiger partial charge in [0.2, 0.25) is 11.7 Å². The van der Waals surface area contributed by atoms with Crippen molar-refractivity contribution in [3.63, 3.8) is 0 Å². The van der Waals surface area contributed by atoms with Gasteiger partial charge in [-0.3, -0.25) is 0 Å². The second-order valence-corrected chi connectivity index (χ2v) is 5.55. The van der Waals surface area contributed by atoms with Crippen molar-refractivity contribution in [2.75, 3.05) is 0 Å². The first-order valence-corrected chi connectivity index (χ1v) is 6.76. The Bertz CT molecular complexity index is 522. The Balaban J connectivity index is 2.04. The number of aromatic nitrogens is 2. The van der Waals surface area contributed by atoms with E-state index >= 15 is 0 Å². The van der Waals surface area contributed by atoms with E-state index in [9.17, 15) is 0 Å². The van der Waals surface area contributed by atoms with E-state index in [4.69, 9.17) is 21.9 Å². The van der Waals surface area contributed by atoms with Crippen LogP contribution in [0, 0.1) is 5.92 Å². The van der Waals surface area contributed by atoms with Crippen molar-refractivity contribution < 1.29 is 4.52 Å². The van der Waals surface area contributed by atoms with Crippen molar-refractivity contribution in [1.29, 1.82) is 0 Å². The molecule has 0 aliphatic carbocycles. The summed E-state index contributed by atoms with van der Waals surface area (Å²) in [5, 5.41) is 4.65. The lowest BCUT2D eigenvalue weighted by molar-refractivity contribution is 0.359. The standard InChI is InChI=1S/C14H18ClN3O/c1-9(2)7-12(16)8-13-17-14(18-19-13)10-3-5-11(15)6-4-10/h3-6,9,12H,7-8,16H2,1-2H3/t12-/m0/s1. The van der Waals surface area contributed by atoms with Crippen LogP contribution in [0.1, 0.15) is 26.2 Å². The molecule has 4 nitrogen and oxygen atoms in total. The van der Waals surface area contributed by atoms with Gasteiger partial charge in [0.15, 0.2) is 0 Å². The Labute approximate surface area is 118 Å². The lowest BCUT2D eigenvalue weighted by atomic mass is 10.0. The number of nitrogens with zero attached hydrogens (tertiary/aromatic N) is 2. The average molecular weight is 280 g/mol. The molecule has 19 heavy (non-hydrogen) atoms. The Morgan fingerprint density at radius 1 is 1.26 bits per heavy atom. The predicted molar refractivity (Wildman–Crippen MR) is 75.9 cm³/mol. The smallest absolute Gasteiger partial charge is 0.228 e. The van der Waals surface area contributed by atoms with Gasteiger partial charge in [-0.2, -0.15) is 4.98 Å². The van der Waals surface area contributed by atoms with Crippen molar-refractivity contribution in [3.8, 4) is 11.4 Å². The fourth-order valence-corrected chi connectivity index (χ4v) is 2.09. The topological polar surface area (TPSA) is 64.9 Å². The zero-order valence-electron chi connectivity index (χ0n) is 11.1. The van der Waals surface area contributed by atoms with E-state index in [2.05, 4.69) is 24.0 Å². The molecule has 1 aromatic carbocycles. The van der Waals surface area contributed by atoms with Gasteiger partial charge < -0.3 is 10.3 Å². The average Bonchev–Trinajstić information content (AvgIpc) is 2.77.